The molecule has 0 aliphatic heterocycles. The largest absolute Gasteiger partial charge is 0.399 e. The van der Waals surface area contributed by atoms with Crippen LogP contribution in [0, 0.1) is 0 Å². The number of benzene rings is 1. The first-order valence-corrected chi connectivity index (χ1v) is 6.48. The quantitative estimate of drug-likeness (QED) is 0.838. The van der Waals surface area contributed by atoms with E-state index in [4.69, 9.17) is 5.73 Å². The highest BCUT2D eigenvalue weighted by molar-refractivity contribution is 5.40. The molecule has 0 saturated heterocycles. The highest BCUT2D eigenvalue weighted by Crippen LogP contribution is 2.36. The summed E-state index contributed by atoms with van der Waals surface area (Å²) in [5.74, 6) is 1.54. The Morgan fingerprint density at radius 2 is 2.06 bits per heavy atom. The van der Waals surface area contributed by atoms with Crippen LogP contribution in [0.2, 0.25) is 0 Å². The number of nitrogen functional groups attached to an aromatic ring is 1. The van der Waals surface area contributed by atoms with Gasteiger partial charge in [0.15, 0.2) is 0 Å². The van der Waals surface area contributed by atoms with Gasteiger partial charge in [-0.15, -0.1) is 10.2 Å². The molecule has 1 atom stereocenters. The molecule has 0 amide bonds. The molecule has 1 fully saturated rings. The minimum atomic E-state index is 0.437. The van der Waals surface area contributed by atoms with E-state index in [1.54, 1.807) is 0 Å². The first-order chi connectivity index (χ1) is 8.74. The second-order valence-electron chi connectivity index (χ2n) is 5.16. The highest BCUT2D eigenvalue weighted by Gasteiger charge is 2.26. The fraction of sp³-hybridized carbons (Fsp3) is 0.429. The molecule has 1 aromatic carbocycles. The average molecular weight is 242 g/mol. The second-order valence-corrected chi connectivity index (χ2v) is 5.16. The van der Waals surface area contributed by atoms with E-state index < -0.39 is 0 Å². The summed E-state index contributed by atoms with van der Waals surface area (Å²) in [6.45, 7) is 2.22. The lowest BCUT2D eigenvalue weighted by atomic mass is 9.97. The Bertz CT molecular complexity index is 525. The summed E-state index contributed by atoms with van der Waals surface area (Å²) in [7, 11) is 0. The van der Waals surface area contributed by atoms with Gasteiger partial charge in [-0.25, -0.2) is 0 Å². The molecule has 0 spiro atoms. The average Bonchev–Trinajstić information content (AvgIpc) is 3.11. The van der Waals surface area contributed by atoms with Gasteiger partial charge in [-0.3, -0.25) is 0 Å². The highest BCUT2D eigenvalue weighted by atomic mass is 15.3. The van der Waals surface area contributed by atoms with Crippen LogP contribution in [-0.2, 0) is 6.42 Å². The molecule has 4 nitrogen and oxygen atoms in total. The van der Waals surface area contributed by atoms with E-state index in [9.17, 15) is 0 Å². The molecule has 0 radical (unpaired) electrons. The molecule has 2 aromatic rings. The van der Waals surface area contributed by atoms with Crippen LogP contribution >= 0.6 is 0 Å². The van der Waals surface area contributed by atoms with E-state index in [2.05, 4.69) is 33.8 Å². The van der Waals surface area contributed by atoms with Gasteiger partial charge in [-0.1, -0.05) is 19.1 Å². The minimum Gasteiger partial charge on any atom is -0.399 e. The standard InChI is InChI=1S/C14H18N4/c1-10(11-2-4-12(15)5-3-11)8-14-17-16-9-18(14)13-6-7-13/h2-5,9-10,13H,6-8,15H2,1H3. The molecule has 1 aliphatic carbocycles. The van der Waals surface area contributed by atoms with Crippen LogP contribution in [0.4, 0.5) is 5.69 Å². The van der Waals surface area contributed by atoms with Crippen LogP contribution in [0.1, 0.15) is 43.1 Å². The zero-order valence-corrected chi connectivity index (χ0v) is 10.6. The van der Waals surface area contributed by atoms with Crippen LogP contribution in [-0.4, -0.2) is 14.8 Å². The van der Waals surface area contributed by atoms with Gasteiger partial charge >= 0.3 is 0 Å². The minimum absolute atomic E-state index is 0.437. The van der Waals surface area contributed by atoms with Crippen molar-refractivity contribution in [2.45, 2.75) is 38.1 Å². The fourth-order valence-electron chi connectivity index (χ4n) is 2.29. The normalized spacial score (nSPS) is 16.7. The van der Waals surface area contributed by atoms with Crippen LogP contribution < -0.4 is 5.73 Å². The maximum absolute atomic E-state index is 5.71. The monoisotopic (exact) mass is 242 g/mol. The summed E-state index contributed by atoms with van der Waals surface area (Å²) in [5, 5.41) is 8.29. The van der Waals surface area contributed by atoms with Crippen molar-refractivity contribution in [1.29, 1.82) is 0 Å². The zero-order chi connectivity index (χ0) is 12.5. The Labute approximate surface area is 107 Å². The van der Waals surface area contributed by atoms with Gasteiger partial charge in [0, 0.05) is 18.2 Å². The smallest absolute Gasteiger partial charge is 0.133 e. The molecule has 2 N–H and O–H groups in total. The van der Waals surface area contributed by atoms with Crippen LogP contribution in [0.25, 0.3) is 0 Å². The summed E-state index contributed by atoms with van der Waals surface area (Å²) in [4.78, 5) is 0. The molecule has 4 heteroatoms. The molecule has 1 saturated carbocycles. The molecule has 18 heavy (non-hydrogen) atoms. The Hall–Kier alpha value is -1.84. The van der Waals surface area contributed by atoms with Crippen molar-refractivity contribution in [3.8, 4) is 0 Å². The number of hydrogen-bond donors (Lipinski definition) is 1. The fourth-order valence-corrected chi connectivity index (χ4v) is 2.29. The molecule has 0 bridgehead atoms. The van der Waals surface area contributed by atoms with Crippen molar-refractivity contribution in [3.63, 3.8) is 0 Å². The Morgan fingerprint density at radius 3 is 2.72 bits per heavy atom. The van der Waals surface area contributed by atoms with Crippen LogP contribution in [0.15, 0.2) is 30.6 Å². The van der Waals surface area contributed by atoms with Gasteiger partial charge in [-0.05, 0) is 36.5 Å². The molecule has 1 aromatic heterocycles. The maximum Gasteiger partial charge on any atom is 0.133 e. The summed E-state index contributed by atoms with van der Waals surface area (Å²) in [5.41, 5.74) is 7.82. The van der Waals surface area contributed by atoms with E-state index >= 15 is 0 Å². The van der Waals surface area contributed by atoms with Gasteiger partial charge in [0.25, 0.3) is 0 Å². The number of nitrogens with zero attached hydrogens (tertiary/aromatic N) is 3. The Kier molecular flexibility index (Phi) is 2.78. The molecule has 94 valence electrons. The maximum atomic E-state index is 5.71. The van der Waals surface area contributed by atoms with Gasteiger partial charge in [-0.2, -0.15) is 0 Å². The predicted molar refractivity (Wildman–Crippen MR) is 71.3 cm³/mol. The zero-order valence-electron chi connectivity index (χ0n) is 10.6. The van der Waals surface area contributed by atoms with Gasteiger partial charge in [0.2, 0.25) is 0 Å². The van der Waals surface area contributed by atoms with E-state index in [0.29, 0.717) is 12.0 Å². The topological polar surface area (TPSA) is 56.7 Å². The summed E-state index contributed by atoms with van der Waals surface area (Å²) >= 11 is 0. The summed E-state index contributed by atoms with van der Waals surface area (Å²) in [6, 6.07) is 8.75. The van der Waals surface area contributed by atoms with Gasteiger partial charge in [0.05, 0.1) is 0 Å². The molecule has 1 aliphatic rings. The first kappa shape index (κ1) is 11.3. The molecule has 1 unspecified atom stereocenters. The van der Waals surface area contributed by atoms with Crippen molar-refractivity contribution in [1.82, 2.24) is 14.8 Å². The SMILES string of the molecule is CC(Cc1nncn1C1CC1)c1ccc(N)cc1. The number of nitrogens with two attached hydrogens (primary N) is 1. The molecular formula is C14H18N4. The number of anilines is 1. The third kappa shape index (κ3) is 2.23. The third-order valence-electron chi connectivity index (χ3n) is 3.58. The predicted octanol–water partition coefficient (Wildman–Crippen LogP) is 2.54. The molecular weight excluding hydrogens is 224 g/mol. The van der Waals surface area contributed by atoms with Crippen molar-refractivity contribution < 1.29 is 0 Å². The van der Waals surface area contributed by atoms with Crippen molar-refractivity contribution in [2.24, 2.45) is 0 Å². The lowest BCUT2D eigenvalue weighted by Crippen LogP contribution is -2.06. The van der Waals surface area contributed by atoms with Gasteiger partial charge in [0.1, 0.15) is 12.2 Å². The number of rotatable bonds is 4. The molecule has 3 rings (SSSR count). The molecule has 1 heterocycles. The Morgan fingerprint density at radius 1 is 1.33 bits per heavy atom. The lowest BCUT2D eigenvalue weighted by Gasteiger charge is -2.12. The van der Waals surface area contributed by atoms with Crippen LogP contribution in [0.5, 0.6) is 0 Å². The summed E-state index contributed by atoms with van der Waals surface area (Å²) < 4.78 is 2.23. The van der Waals surface area contributed by atoms with E-state index in [1.165, 1.54) is 18.4 Å². The lowest BCUT2D eigenvalue weighted by molar-refractivity contribution is 0.633. The van der Waals surface area contributed by atoms with E-state index in [0.717, 1.165) is 17.9 Å². The summed E-state index contributed by atoms with van der Waals surface area (Å²) in [6.07, 6.45) is 5.33. The van der Waals surface area contributed by atoms with Gasteiger partial charge < -0.3 is 10.3 Å². The van der Waals surface area contributed by atoms with E-state index in [-0.39, 0.29) is 0 Å². The number of hydrogen-bond acceptors (Lipinski definition) is 3. The van der Waals surface area contributed by atoms with Crippen molar-refractivity contribution in [2.75, 3.05) is 5.73 Å². The van der Waals surface area contributed by atoms with Crippen molar-refractivity contribution in [3.05, 3.63) is 42.0 Å². The van der Waals surface area contributed by atoms with Crippen molar-refractivity contribution >= 4 is 5.69 Å². The third-order valence-corrected chi connectivity index (χ3v) is 3.58. The second kappa shape index (κ2) is 4.44. The first-order valence-electron chi connectivity index (χ1n) is 6.48. The number of aromatic nitrogens is 3. The Balaban J connectivity index is 1.75. The van der Waals surface area contributed by atoms with E-state index in [1.807, 2.05) is 18.5 Å². The van der Waals surface area contributed by atoms with Crippen LogP contribution in [0.3, 0.4) is 0 Å².